The molecule has 0 aliphatic heterocycles. The minimum atomic E-state index is -3.08. The average molecular weight is 326 g/mol. The molecule has 1 saturated carbocycles. The van der Waals surface area contributed by atoms with Gasteiger partial charge in [0.05, 0.1) is 25.6 Å². The summed E-state index contributed by atoms with van der Waals surface area (Å²) in [6.45, 7) is 0.414. The van der Waals surface area contributed by atoms with Crippen molar-refractivity contribution in [3.63, 3.8) is 0 Å². The Hall–Kier alpha value is -1.69. The summed E-state index contributed by atoms with van der Waals surface area (Å²) in [6.07, 6.45) is 3.10. The minimum absolute atomic E-state index is 0.353. The quantitative estimate of drug-likeness (QED) is 0.844. The Morgan fingerprint density at radius 3 is 2.61 bits per heavy atom. The van der Waals surface area contributed by atoms with Gasteiger partial charge in [0.15, 0.2) is 0 Å². The van der Waals surface area contributed by atoms with Crippen LogP contribution < -0.4 is 15.8 Å². The molecule has 0 saturated heterocycles. The van der Waals surface area contributed by atoms with Crippen LogP contribution >= 0.6 is 0 Å². The van der Waals surface area contributed by atoms with Crippen molar-refractivity contribution >= 4 is 5.91 Å². The highest BCUT2D eigenvalue weighted by atomic mass is 19.3. The number of nitrogens with two attached hydrogens (primary N) is 1. The lowest BCUT2D eigenvalue weighted by Gasteiger charge is -2.29. The molecule has 1 amide bonds. The fourth-order valence-electron chi connectivity index (χ4n) is 3.19. The summed E-state index contributed by atoms with van der Waals surface area (Å²) in [6, 6.07) is 5.64. The highest BCUT2D eigenvalue weighted by molar-refractivity contribution is 5.88. The number of hydrogen-bond donors (Lipinski definition) is 2. The number of hydrogen-bond acceptors (Lipinski definition) is 3. The number of amides is 1. The van der Waals surface area contributed by atoms with Crippen LogP contribution in [0.3, 0.4) is 0 Å². The maximum absolute atomic E-state index is 13.3. The molecular formula is C17H24F2N2O2. The van der Waals surface area contributed by atoms with Crippen LogP contribution in [0, 0.1) is 6.92 Å². The van der Waals surface area contributed by atoms with Crippen LogP contribution in [-0.2, 0) is 10.2 Å². The molecule has 0 unspecified atom stereocenters. The van der Waals surface area contributed by atoms with E-state index in [9.17, 15) is 13.6 Å². The monoisotopic (exact) mass is 326 g/mol. The standard InChI is InChI=1S/C17H24F2N2O2/c1-12-5-6-13(9-14(12)23-2)16(7-3-4-8-16)15(22)21-11-17(18,19)10-20/h5-6,9H,3-4,7-8,10-11,20H2,1-2H3,(H,21,22). The molecule has 2 rings (SSSR count). The van der Waals surface area contributed by atoms with Gasteiger partial charge in [-0.15, -0.1) is 0 Å². The molecule has 0 aromatic heterocycles. The van der Waals surface area contributed by atoms with Gasteiger partial charge in [-0.1, -0.05) is 25.0 Å². The van der Waals surface area contributed by atoms with E-state index in [2.05, 4.69) is 5.32 Å². The smallest absolute Gasteiger partial charge is 0.277 e. The van der Waals surface area contributed by atoms with E-state index in [-0.39, 0.29) is 5.91 Å². The first-order valence-electron chi connectivity index (χ1n) is 7.86. The molecule has 0 bridgehead atoms. The number of halogens is 2. The van der Waals surface area contributed by atoms with Crippen LogP contribution in [0.25, 0.3) is 0 Å². The predicted molar refractivity (Wildman–Crippen MR) is 84.9 cm³/mol. The van der Waals surface area contributed by atoms with E-state index in [1.165, 1.54) is 0 Å². The second kappa shape index (κ2) is 6.83. The van der Waals surface area contributed by atoms with Crippen molar-refractivity contribution in [2.24, 2.45) is 5.73 Å². The zero-order valence-electron chi connectivity index (χ0n) is 13.6. The molecule has 1 aromatic carbocycles. The fourth-order valence-corrected chi connectivity index (χ4v) is 3.19. The first-order valence-corrected chi connectivity index (χ1v) is 7.86. The van der Waals surface area contributed by atoms with Crippen molar-refractivity contribution in [3.8, 4) is 5.75 Å². The minimum Gasteiger partial charge on any atom is -0.496 e. The van der Waals surface area contributed by atoms with Gasteiger partial charge >= 0.3 is 0 Å². The van der Waals surface area contributed by atoms with Crippen molar-refractivity contribution in [2.75, 3.05) is 20.2 Å². The van der Waals surface area contributed by atoms with E-state index < -0.39 is 24.4 Å². The zero-order chi connectivity index (χ0) is 17.1. The van der Waals surface area contributed by atoms with E-state index in [0.29, 0.717) is 18.6 Å². The lowest BCUT2D eigenvalue weighted by molar-refractivity contribution is -0.128. The van der Waals surface area contributed by atoms with Gasteiger partial charge < -0.3 is 15.8 Å². The maximum Gasteiger partial charge on any atom is 0.277 e. The van der Waals surface area contributed by atoms with Gasteiger partial charge in [0.1, 0.15) is 5.75 Å². The highest BCUT2D eigenvalue weighted by Crippen LogP contribution is 2.42. The van der Waals surface area contributed by atoms with Crippen LogP contribution in [0.4, 0.5) is 8.78 Å². The van der Waals surface area contributed by atoms with Crippen molar-refractivity contribution in [3.05, 3.63) is 29.3 Å². The third-order valence-corrected chi connectivity index (χ3v) is 4.66. The molecule has 4 nitrogen and oxygen atoms in total. The van der Waals surface area contributed by atoms with Crippen LogP contribution in [-0.4, -0.2) is 32.0 Å². The van der Waals surface area contributed by atoms with Crippen LogP contribution in [0.15, 0.2) is 18.2 Å². The molecule has 0 atom stereocenters. The average Bonchev–Trinajstić information content (AvgIpc) is 3.04. The zero-order valence-corrected chi connectivity index (χ0v) is 13.6. The SMILES string of the molecule is COc1cc(C2(C(=O)NCC(F)(F)CN)CCCC2)ccc1C. The van der Waals surface area contributed by atoms with E-state index in [0.717, 1.165) is 24.0 Å². The number of benzene rings is 1. The summed E-state index contributed by atoms with van der Waals surface area (Å²) in [7, 11) is 1.58. The number of aryl methyl sites for hydroxylation is 1. The lowest BCUT2D eigenvalue weighted by Crippen LogP contribution is -2.48. The normalized spacial score (nSPS) is 17.1. The summed E-state index contributed by atoms with van der Waals surface area (Å²) in [5.41, 5.74) is 6.07. The molecule has 0 radical (unpaired) electrons. The molecule has 23 heavy (non-hydrogen) atoms. The molecule has 1 fully saturated rings. The van der Waals surface area contributed by atoms with Gasteiger partial charge in [-0.2, -0.15) is 0 Å². The number of carbonyl (C=O) groups excluding carboxylic acids is 1. The summed E-state index contributed by atoms with van der Waals surface area (Å²) >= 11 is 0. The van der Waals surface area contributed by atoms with E-state index in [1.807, 2.05) is 25.1 Å². The second-order valence-corrected chi connectivity index (χ2v) is 6.22. The number of ether oxygens (including phenoxy) is 1. The fraction of sp³-hybridized carbons (Fsp3) is 0.588. The third kappa shape index (κ3) is 3.63. The third-order valence-electron chi connectivity index (χ3n) is 4.66. The van der Waals surface area contributed by atoms with E-state index >= 15 is 0 Å². The largest absolute Gasteiger partial charge is 0.496 e. The molecule has 128 valence electrons. The Bertz CT molecular complexity index is 570. The van der Waals surface area contributed by atoms with Gasteiger partial charge in [0.2, 0.25) is 5.91 Å². The number of carbonyl (C=O) groups is 1. The van der Waals surface area contributed by atoms with E-state index in [4.69, 9.17) is 10.5 Å². The first kappa shape index (κ1) is 17.7. The van der Waals surface area contributed by atoms with Gasteiger partial charge in [-0.05, 0) is 37.0 Å². The summed E-state index contributed by atoms with van der Waals surface area (Å²) in [5, 5.41) is 2.40. The van der Waals surface area contributed by atoms with Crippen molar-refractivity contribution < 1.29 is 18.3 Å². The van der Waals surface area contributed by atoms with Crippen molar-refractivity contribution in [1.82, 2.24) is 5.32 Å². The van der Waals surface area contributed by atoms with Gasteiger partial charge in [-0.25, -0.2) is 8.78 Å². The molecule has 1 aliphatic carbocycles. The maximum atomic E-state index is 13.3. The van der Waals surface area contributed by atoms with Gasteiger partial charge in [0, 0.05) is 0 Å². The molecule has 0 spiro atoms. The topological polar surface area (TPSA) is 64.3 Å². The van der Waals surface area contributed by atoms with Crippen molar-refractivity contribution in [2.45, 2.75) is 43.9 Å². The highest BCUT2D eigenvalue weighted by Gasteiger charge is 2.43. The number of rotatable bonds is 6. The lowest BCUT2D eigenvalue weighted by atomic mass is 9.77. The Morgan fingerprint density at radius 1 is 1.39 bits per heavy atom. The van der Waals surface area contributed by atoms with Crippen molar-refractivity contribution in [1.29, 1.82) is 0 Å². The summed E-state index contributed by atoms with van der Waals surface area (Å²) in [4.78, 5) is 12.7. The van der Waals surface area contributed by atoms with Crippen LogP contribution in [0.5, 0.6) is 5.75 Å². The van der Waals surface area contributed by atoms with Gasteiger partial charge in [0.25, 0.3) is 5.92 Å². The van der Waals surface area contributed by atoms with E-state index in [1.54, 1.807) is 7.11 Å². The first-order chi connectivity index (χ1) is 10.8. The van der Waals surface area contributed by atoms with Gasteiger partial charge in [-0.3, -0.25) is 4.79 Å². The number of methoxy groups -OCH3 is 1. The molecule has 3 N–H and O–H groups in total. The molecular weight excluding hydrogens is 302 g/mol. The van der Waals surface area contributed by atoms with Crippen LogP contribution in [0.1, 0.15) is 36.8 Å². The molecule has 6 heteroatoms. The number of nitrogens with one attached hydrogen (secondary N) is 1. The molecule has 1 aliphatic rings. The Balaban J connectivity index is 2.27. The Kier molecular flexibility index (Phi) is 5.24. The Morgan fingerprint density at radius 2 is 2.04 bits per heavy atom. The second-order valence-electron chi connectivity index (χ2n) is 6.22. The Labute approximate surface area is 135 Å². The molecule has 1 aromatic rings. The summed E-state index contributed by atoms with van der Waals surface area (Å²) in [5.74, 6) is -2.73. The molecule has 0 heterocycles. The van der Waals surface area contributed by atoms with Crippen LogP contribution in [0.2, 0.25) is 0 Å². The summed E-state index contributed by atoms with van der Waals surface area (Å²) < 4.78 is 32.0. The predicted octanol–water partition coefficient (Wildman–Crippen LogP) is 2.53. The number of alkyl halides is 2.